The Hall–Kier alpha value is -3.35. The van der Waals surface area contributed by atoms with Crippen molar-refractivity contribution in [2.24, 2.45) is 0 Å². The fraction of sp³-hybridized carbons (Fsp3) is 0.348. The third-order valence-electron chi connectivity index (χ3n) is 5.06. The van der Waals surface area contributed by atoms with Gasteiger partial charge in [-0.1, -0.05) is 38.0 Å². The molecule has 1 N–H and O–H groups in total. The highest BCUT2D eigenvalue weighted by Gasteiger charge is 2.18. The Morgan fingerprint density at radius 2 is 1.83 bits per heavy atom. The largest absolute Gasteiger partial charge is 0.490 e. The van der Waals surface area contributed by atoms with Crippen LogP contribution in [0.15, 0.2) is 47.3 Å². The summed E-state index contributed by atoms with van der Waals surface area (Å²) in [6, 6.07) is 12.4. The number of aryl methyl sites for hydroxylation is 1. The van der Waals surface area contributed by atoms with Crippen molar-refractivity contribution in [2.75, 3.05) is 18.5 Å². The predicted molar refractivity (Wildman–Crippen MR) is 116 cm³/mol. The van der Waals surface area contributed by atoms with Crippen LogP contribution in [0.4, 0.5) is 5.69 Å². The molecule has 1 aliphatic heterocycles. The second-order valence-corrected chi connectivity index (χ2v) is 7.30. The molecular weight excluding hydrogens is 382 g/mol. The maximum atomic E-state index is 13.1. The van der Waals surface area contributed by atoms with Crippen LogP contribution in [0.2, 0.25) is 0 Å². The van der Waals surface area contributed by atoms with Crippen molar-refractivity contribution < 1.29 is 14.3 Å². The average molecular weight is 407 g/mol. The molecule has 4 rings (SSSR count). The number of nitrogens with one attached hydrogen (secondary N) is 1. The van der Waals surface area contributed by atoms with Crippen LogP contribution < -0.4 is 20.3 Å². The van der Waals surface area contributed by atoms with Gasteiger partial charge in [-0.05, 0) is 24.6 Å². The monoisotopic (exact) mass is 407 g/mol. The van der Waals surface area contributed by atoms with Gasteiger partial charge < -0.3 is 14.8 Å². The number of carbonyl (C=O) groups is 1. The summed E-state index contributed by atoms with van der Waals surface area (Å²) in [7, 11) is 0. The lowest BCUT2D eigenvalue weighted by Crippen LogP contribution is -2.27. The number of hydrogen-bond acceptors (Lipinski definition) is 5. The molecular formula is C23H25N3O4. The van der Waals surface area contributed by atoms with Gasteiger partial charge in [0, 0.05) is 30.1 Å². The molecule has 0 radical (unpaired) electrons. The number of benzene rings is 2. The van der Waals surface area contributed by atoms with E-state index in [4.69, 9.17) is 9.47 Å². The van der Waals surface area contributed by atoms with Crippen molar-refractivity contribution in [2.45, 2.75) is 39.2 Å². The molecule has 2 heterocycles. The van der Waals surface area contributed by atoms with Crippen molar-refractivity contribution in [3.8, 4) is 11.5 Å². The van der Waals surface area contributed by atoms with E-state index in [2.05, 4.69) is 17.3 Å². The highest BCUT2D eigenvalue weighted by molar-refractivity contribution is 6.11. The number of nitrogens with zero attached hydrogens (tertiary/aromatic N) is 2. The SMILES string of the molecule is CCCCCn1nc(C(=O)Nc2ccc3c(c2)OCCCO3)c2ccccc2c1=O. The molecule has 3 aromatic rings. The molecule has 1 amide bonds. The number of fused-ring (bicyclic) bond motifs is 2. The number of hydrogen-bond donors (Lipinski definition) is 1. The third kappa shape index (κ3) is 4.15. The molecule has 0 saturated carbocycles. The van der Waals surface area contributed by atoms with Crippen molar-refractivity contribution in [1.82, 2.24) is 9.78 Å². The average Bonchev–Trinajstić information content (AvgIpc) is 3.00. The molecule has 30 heavy (non-hydrogen) atoms. The van der Waals surface area contributed by atoms with Crippen molar-refractivity contribution in [3.63, 3.8) is 0 Å². The Bertz CT molecular complexity index is 1120. The van der Waals surface area contributed by atoms with Gasteiger partial charge in [0.05, 0.1) is 18.6 Å². The van der Waals surface area contributed by atoms with Gasteiger partial charge in [0.25, 0.3) is 11.5 Å². The first kappa shape index (κ1) is 19.9. The molecule has 1 aliphatic rings. The molecule has 7 heteroatoms. The number of aromatic nitrogens is 2. The van der Waals surface area contributed by atoms with Crippen LogP contribution in [-0.2, 0) is 6.54 Å². The number of amides is 1. The van der Waals surface area contributed by atoms with Crippen molar-refractivity contribution in [1.29, 1.82) is 0 Å². The van der Waals surface area contributed by atoms with Crippen LogP contribution in [0.1, 0.15) is 43.1 Å². The zero-order valence-electron chi connectivity index (χ0n) is 17.0. The highest BCUT2D eigenvalue weighted by Crippen LogP contribution is 2.32. The minimum absolute atomic E-state index is 0.172. The van der Waals surface area contributed by atoms with E-state index in [0.717, 1.165) is 25.7 Å². The first-order valence-corrected chi connectivity index (χ1v) is 10.4. The Labute approximate surface area is 174 Å². The molecule has 0 bridgehead atoms. The summed E-state index contributed by atoms with van der Waals surface area (Å²) >= 11 is 0. The van der Waals surface area contributed by atoms with Crippen LogP contribution >= 0.6 is 0 Å². The van der Waals surface area contributed by atoms with E-state index < -0.39 is 0 Å². The summed E-state index contributed by atoms with van der Waals surface area (Å²) in [6.07, 6.45) is 3.69. The minimum Gasteiger partial charge on any atom is -0.490 e. The second-order valence-electron chi connectivity index (χ2n) is 7.30. The first-order valence-electron chi connectivity index (χ1n) is 10.4. The third-order valence-corrected chi connectivity index (χ3v) is 5.06. The number of rotatable bonds is 6. The van der Waals surface area contributed by atoms with E-state index >= 15 is 0 Å². The molecule has 0 atom stereocenters. The topological polar surface area (TPSA) is 82.5 Å². The zero-order valence-corrected chi connectivity index (χ0v) is 17.0. The lowest BCUT2D eigenvalue weighted by atomic mass is 10.1. The second kappa shape index (κ2) is 8.98. The van der Waals surface area contributed by atoms with Gasteiger partial charge >= 0.3 is 0 Å². The standard InChI is InChI=1S/C23H25N3O4/c1-2-3-6-12-26-23(28)18-9-5-4-8-17(18)21(25-26)22(27)24-16-10-11-19-20(15-16)30-14-7-13-29-19/h4-5,8-11,15H,2-3,6-7,12-14H2,1H3,(H,24,27). The molecule has 2 aromatic carbocycles. The number of carbonyl (C=O) groups excluding carboxylic acids is 1. The molecule has 0 spiro atoms. The highest BCUT2D eigenvalue weighted by atomic mass is 16.5. The Morgan fingerprint density at radius 1 is 1.07 bits per heavy atom. The Morgan fingerprint density at radius 3 is 2.63 bits per heavy atom. The van der Waals surface area contributed by atoms with Gasteiger partial charge in [0.2, 0.25) is 0 Å². The zero-order chi connectivity index (χ0) is 20.9. The molecule has 0 aliphatic carbocycles. The number of anilines is 1. The quantitative estimate of drug-likeness (QED) is 0.625. The van der Waals surface area contributed by atoms with E-state index in [1.54, 1.807) is 42.5 Å². The van der Waals surface area contributed by atoms with E-state index in [1.807, 2.05) is 0 Å². The van der Waals surface area contributed by atoms with E-state index in [0.29, 0.717) is 47.7 Å². The van der Waals surface area contributed by atoms with Gasteiger partial charge in [0.1, 0.15) is 0 Å². The maximum Gasteiger partial charge on any atom is 0.276 e. The number of unbranched alkanes of at least 4 members (excludes halogenated alkanes) is 2. The summed E-state index contributed by atoms with van der Waals surface area (Å²) in [6.45, 7) is 3.76. The molecule has 156 valence electrons. The van der Waals surface area contributed by atoms with Gasteiger partial charge in [-0.2, -0.15) is 5.10 Å². The predicted octanol–water partition coefficient (Wildman–Crippen LogP) is 4.00. The van der Waals surface area contributed by atoms with Gasteiger partial charge in [-0.25, -0.2) is 4.68 Å². The molecule has 1 aromatic heterocycles. The maximum absolute atomic E-state index is 13.1. The molecule has 0 saturated heterocycles. The lowest BCUT2D eigenvalue weighted by Gasteiger charge is -2.13. The summed E-state index contributed by atoms with van der Waals surface area (Å²) < 4.78 is 12.7. The normalized spacial score (nSPS) is 13.1. The van der Waals surface area contributed by atoms with Gasteiger partial charge in [-0.3, -0.25) is 9.59 Å². The van der Waals surface area contributed by atoms with Crippen molar-refractivity contribution >= 4 is 22.4 Å². The molecule has 0 unspecified atom stereocenters. The Kier molecular flexibility index (Phi) is 5.97. The Balaban J connectivity index is 1.66. The minimum atomic E-state index is -0.370. The van der Waals surface area contributed by atoms with Crippen LogP contribution in [0.25, 0.3) is 10.8 Å². The van der Waals surface area contributed by atoms with E-state index in [1.165, 1.54) is 4.68 Å². The molecule has 0 fully saturated rings. The fourth-order valence-electron chi connectivity index (χ4n) is 3.50. The van der Waals surface area contributed by atoms with E-state index in [-0.39, 0.29) is 17.2 Å². The van der Waals surface area contributed by atoms with Crippen molar-refractivity contribution in [3.05, 3.63) is 58.5 Å². The number of ether oxygens (including phenoxy) is 2. The van der Waals surface area contributed by atoms with Crippen LogP contribution in [0, 0.1) is 0 Å². The van der Waals surface area contributed by atoms with Gasteiger partial charge in [-0.15, -0.1) is 0 Å². The fourth-order valence-corrected chi connectivity index (χ4v) is 3.50. The van der Waals surface area contributed by atoms with Crippen LogP contribution in [0.3, 0.4) is 0 Å². The summed E-state index contributed by atoms with van der Waals surface area (Å²) in [4.78, 5) is 25.9. The summed E-state index contributed by atoms with van der Waals surface area (Å²) in [5.41, 5.74) is 0.640. The van der Waals surface area contributed by atoms with Gasteiger partial charge in [0.15, 0.2) is 17.2 Å². The lowest BCUT2D eigenvalue weighted by molar-refractivity contribution is 0.102. The van der Waals surface area contributed by atoms with E-state index in [9.17, 15) is 9.59 Å². The molecule has 7 nitrogen and oxygen atoms in total. The van der Waals surface area contributed by atoms with Crippen LogP contribution in [0.5, 0.6) is 11.5 Å². The summed E-state index contributed by atoms with van der Waals surface area (Å²) in [5.74, 6) is 0.899. The van der Waals surface area contributed by atoms with Crippen LogP contribution in [-0.4, -0.2) is 28.9 Å². The summed E-state index contributed by atoms with van der Waals surface area (Å²) in [5, 5.41) is 8.33. The first-order chi connectivity index (χ1) is 14.7. The smallest absolute Gasteiger partial charge is 0.276 e.